The number of aryl methyl sites for hydroxylation is 2. The van der Waals surface area contributed by atoms with Gasteiger partial charge in [-0.3, -0.25) is 4.79 Å². The third-order valence-corrected chi connectivity index (χ3v) is 5.55. The normalized spacial score (nSPS) is 17.1. The number of nitrogens with zero attached hydrogens (tertiary/aromatic N) is 3. The molecule has 1 fully saturated rings. The Bertz CT molecular complexity index is 1130. The highest BCUT2D eigenvalue weighted by Gasteiger charge is 2.40. The van der Waals surface area contributed by atoms with Gasteiger partial charge in [0.1, 0.15) is 0 Å². The van der Waals surface area contributed by atoms with Gasteiger partial charge in [0.2, 0.25) is 5.91 Å². The minimum atomic E-state index is -4.64. The third kappa shape index (κ3) is 4.47. The second-order valence-corrected chi connectivity index (χ2v) is 7.98. The number of para-hydroxylation sites is 2. The van der Waals surface area contributed by atoms with Gasteiger partial charge in [0.15, 0.2) is 11.5 Å². The molecule has 1 aliphatic heterocycles. The van der Waals surface area contributed by atoms with E-state index in [1.54, 1.807) is 18.2 Å². The van der Waals surface area contributed by atoms with Crippen LogP contribution < -0.4 is 10.2 Å². The molecule has 4 rings (SSSR count). The van der Waals surface area contributed by atoms with E-state index in [1.807, 2.05) is 32.0 Å². The molecule has 1 aliphatic rings. The molecule has 0 bridgehead atoms. The Hall–Kier alpha value is -3.16. The number of anilines is 2. The van der Waals surface area contributed by atoms with Gasteiger partial charge >= 0.3 is 6.18 Å². The van der Waals surface area contributed by atoms with E-state index in [0.29, 0.717) is 30.6 Å². The van der Waals surface area contributed by atoms with E-state index in [-0.39, 0.29) is 23.8 Å². The van der Waals surface area contributed by atoms with Gasteiger partial charge in [0, 0.05) is 18.8 Å². The number of hydrogen-bond donors (Lipinski definition) is 1. The summed E-state index contributed by atoms with van der Waals surface area (Å²) in [6.07, 6.45) is -3.44. The molecule has 0 aliphatic carbocycles. The summed E-state index contributed by atoms with van der Waals surface area (Å²) in [5, 5.41) is 2.93. The molecule has 31 heavy (non-hydrogen) atoms. The number of nitrogens with one attached hydrogen (secondary N) is 1. The molecule has 0 saturated carbocycles. The number of piperidine rings is 1. The molecular weight excluding hydrogens is 405 g/mol. The molecule has 1 aromatic heterocycles. The predicted octanol–water partition coefficient (Wildman–Crippen LogP) is 5.12. The standard InChI is InChI=1S/C23H23F3N4O/c1-14-9-10-17(15(2)12-14)29-22(31)16-6-5-11-30(13-16)21-20(23(24,25)26)27-18-7-3-4-8-19(18)28-21/h3-4,7-10,12,16H,5-6,11,13H2,1-2H3,(H,29,31). The molecule has 1 saturated heterocycles. The zero-order valence-electron chi connectivity index (χ0n) is 17.3. The lowest BCUT2D eigenvalue weighted by Crippen LogP contribution is -2.42. The third-order valence-electron chi connectivity index (χ3n) is 5.55. The smallest absolute Gasteiger partial charge is 0.354 e. The summed E-state index contributed by atoms with van der Waals surface area (Å²) in [4.78, 5) is 22.5. The average molecular weight is 428 g/mol. The van der Waals surface area contributed by atoms with Crippen LogP contribution in [-0.2, 0) is 11.0 Å². The minimum Gasteiger partial charge on any atom is -0.354 e. The van der Waals surface area contributed by atoms with Gasteiger partial charge in [-0.25, -0.2) is 9.97 Å². The Morgan fingerprint density at radius 2 is 1.81 bits per heavy atom. The summed E-state index contributed by atoms with van der Waals surface area (Å²) in [7, 11) is 0. The van der Waals surface area contributed by atoms with Crippen LogP contribution in [0.1, 0.15) is 29.7 Å². The zero-order chi connectivity index (χ0) is 22.2. The second kappa shape index (κ2) is 8.17. The molecule has 1 unspecified atom stereocenters. The van der Waals surface area contributed by atoms with Crippen molar-refractivity contribution in [3.63, 3.8) is 0 Å². The SMILES string of the molecule is Cc1ccc(NC(=O)C2CCCN(c3nc4ccccc4nc3C(F)(F)F)C2)c(C)c1. The molecule has 0 spiro atoms. The number of carbonyl (C=O) groups excluding carboxylic acids is 1. The zero-order valence-corrected chi connectivity index (χ0v) is 17.3. The Morgan fingerprint density at radius 1 is 1.10 bits per heavy atom. The Labute approximate surface area is 178 Å². The van der Waals surface area contributed by atoms with Crippen LogP contribution >= 0.6 is 0 Å². The number of hydrogen-bond acceptors (Lipinski definition) is 4. The summed E-state index contributed by atoms with van der Waals surface area (Å²) < 4.78 is 41.2. The summed E-state index contributed by atoms with van der Waals surface area (Å²) in [5.74, 6) is -0.849. The number of benzene rings is 2. The highest BCUT2D eigenvalue weighted by molar-refractivity contribution is 5.93. The topological polar surface area (TPSA) is 58.1 Å². The second-order valence-electron chi connectivity index (χ2n) is 7.98. The van der Waals surface area contributed by atoms with Crippen LogP contribution in [0.5, 0.6) is 0 Å². The van der Waals surface area contributed by atoms with Crippen molar-refractivity contribution in [3.8, 4) is 0 Å². The van der Waals surface area contributed by atoms with Crippen LogP contribution in [0.25, 0.3) is 11.0 Å². The van der Waals surface area contributed by atoms with Crippen LogP contribution in [0.15, 0.2) is 42.5 Å². The number of fused-ring (bicyclic) bond motifs is 1. The van der Waals surface area contributed by atoms with Crippen LogP contribution in [0, 0.1) is 19.8 Å². The highest BCUT2D eigenvalue weighted by Crippen LogP contribution is 2.36. The minimum absolute atomic E-state index is 0.160. The van der Waals surface area contributed by atoms with Crippen molar-refractivity contribution < 1.29 is 18.0 Å². The molecule has 8 heteroatoms. The Balaban J connectivity index is 1.61. The maximum Gasteiger partial charge on any atom is 0.437 e. The lowest BCUT2D eigenvalue weighted by molar-refractivity contribution is -0.140. The van der Waals surface area contributed by atoms with E-state index in [0.717, 1.165) is 11.1 Å². The molecule has 0 radical (unpaired) electrons. The predicted molar refractivity (Wildman–Crippen MR) is 114 cm³/mol. The van der Waals surface area contributed by atoms with E-state index in [2.05, 4.69) is 15.3 Å². The van der Waals surface area contributed by atoms with Crippen molar-refractivity contribution in [3.05, 3.63) is 59.3 Å². The monoisotopic (exact) mass is 428 g/mol. The van der Waals surface area contributed by atoms with Crippen molar-refractivity contribution in [2.75, 3.05) is 23.3 Å². The van der Waals surface area contributed by atoms with Gasteiger partial charge in [-0.05, 0) is 50.5 Å². The van der Waals surface area contributed by atoms with Crippen LogP contribution in [0.2, 0.25) is 0 Å². The first kappa shape index (κ1) is 21.1. The van der Waals surface area contributed by atoms with Gasteiger partial charge in [-0.1, -0.05) is 29.8 Å². The lowest BCUT2D eigenvalue weighted by atomic mass is 9.96. The summed E-state index contributed by atoms with van der Waals surface area (Å²) in [5.41, 5.74) is 2.33. The fraction of sp³-hybridized carbons (Fsp3) is 0.348. The number of amides is 1. The molecule has 1 amide bonds. The summed E-state index contributed by atoms with van der Waals surface area (Å²) in [6.45, 7) is 4.44. The molecule has 3 aromatic rings. The van der Waals surface area contributed by atoms with Gasteiger partial charge in [0.05, 0.1) is 17.0 Å². The fourth-order valence-electron chi connectivity index (χ4n) is 3.97. The van der Waals surface area contributed by atoms with E-state index in [4.69, 9.17) is 0 Å². The van der Waals surface area contributed by atoms with Crippen LogP contribution in [0.3, 0.4) is 0 Å². The van der Waals surface area contributed by atoms with Crippen molar-refractivity contribution >= 4 is 28.4 Å². The maximum absolute atomic E-state index is 13.7. The number of alkyl halides is 3. The first-order valence-electron chi connectivity index (χ1n) is 10.2. The van der Waals surface area contributed by atoms with Gasteiger partial charge in [-0.15, -0.1) is 0 Å². The number of carbonyl (C=O) groups is 1. The lowest BCUT2D eigenvalue weighted by Gasteiger charge is -2.34. The number of halogens is 3. The molecule has 162 valence electrons. The molecular formula is C23H23F3N4O. The quantitative estimate of drug-likeness (QED) is 0.629. The summed E-state index contributed by atoms with van der Waals surface area (Å²) >= 11 is 0. The number of aromatic nitrogens is 2. The molecule has 2 heterocycles. The van der Waals surface area contributed by atoms with Crippen LogP contribution in [0.4, 0.5) is 24.7 Å². The summed E-state index contributed by atoms with van der Waals surface area (Å²) in [6, 6.07) is 12.2. The largest absolute Gasteiger partial charge is 0.437 e. The van der Waals surface area contributed by atoms with E-state index in [9.17, 15) is 18.0 Å². The first-order chi connectivity index (χ1) is 14.7. The van der Waals surface area contributed by atoms with E-state index < -0.39 is 17.8 Å². The average Bonchev–Trinajstić information content (AvgIpc) is 2.74. The highest BCUT2D eigenvalue weighted by atomic mass is 19.4. The van der Waals surface area contributed by atoms with Crippen molar-refractivity contribution in [2.45, 2.75) is 32.9 Å². The fourth-order valence-corrected chi connectivity index (χ4v) is 3.97. The molecule has 2 aromatic carbocycles. The Morgan fingerprint density at radius 3 is 2.48 bits per heavy atom. The number of rotatable bonds is 3. The van der Waals surface area contributed by atoms with Crippen molar-refractivity contribution in [1.29, 1.82) is 0 Å². The van der Waals surface area contributed by atoms with E-state index in [1.165, 1.54) is 11.0 Å². The van der Waals surface area contributed by atoms with Gasteiger partial charge < -0.3 is 10.2 Å². The van der Waals surface area contributed by atoms with E-state index >= 15 is 0 Å². The van der Waals surface area contributed by atoms with Gasteiger partial charge in [0.25, 0.3) is 0 Å². The molecule has 1 atom stereocenters. The maximum atomic E-state index is 13.7. The molecule has 1 N–H and O–H groups in total. The Kier molecular flexibility index (Phi) is 5.56. The first-order valence-corrected chi connectivity index (χ1v) is 10.2. The molecule has 5 nitrogen and oxygen atoms in total. The van der Waals surface area contributed by atoms with Crippen molar-refractivity contribution in [2.24, 2.45) is 5.92 Å². The van der Waals surface area contributed by atoms with Gasteiger partial charge in [-0.2, -0.15) is 13.2 Å². The van der Waals surface area contributed by atoms with Crippen LogP contribution in [-0.4, -0.2) is 29.0 Å². The van der Waals surface area contributed by atoms with Crippen molar-refractivity contribution in [1.82, 2.24) is 9.97 Å².